The normalized spacial score (nSPS) is 24.1. The van der Waals surface area contributed by atoms with E-state index in [-0.39, 0.29) is 24.7 Å². The molecular formula is C36H64O4. The van der Waals surface area contributed by atoms with Crippen molar-refractivity contribution in [1.82, 2.24) is 0 Å². The molecule has 40 heavy (non-hydrogen) atoms. The summed E-state index contributed by atoms with van der Waals surface area (Å²) in [5, 5.41) is 19.5. The minimum absolute atomic E-state index is 0.181. The maximum Gasteiger partial charge on any atom is 0.303 e. The maximum absolute atomic E-state index is 11.9. The molecule has 0 aliphatic heterocycles. The lowest BCUT2D eigenvalue weighted by molar-refractivity contribution is -0.139. The molecule has 4 heteroatoms. The lowest BCUT2D eigenvalue weighted by Crippen LogP contribution is -2.35. The smallest absolute Gasteiger partial charge is 0.303 e. The summed E-state index contributed by atoms with van der Waals surface area (Å²) < 4.78 is 0. The van der Waals surface area contributed by atoms with Crippen molar-refractivity contribution in [2.45, 2.75) is 144 Å². The molecule has 0 bridgehead atoms. The zero-order valence-corrected chi connectivity index (χ0v) is 27.0. The highest BCUT2D eigenvalue weighted by molar-refractivity contribution is 5.67. The second kappa shape index (κ2) is 21.2. The van der Waals surface area contributed by atoms with Crippen molar-refractivity contribution in [2.24, 2.45) is 47.3 Å². The largest absolute Gasteiger partial charge is 0.481 e. The second-order valence-corrected chi connectivity index (χ2v) is 13.3. The number of allylic oxidation sites excluding steroid dienone is 4. The van der Waals surface area contributed by atoms with Crippen molar-refractivity contribution < 1.29 is 19.8 Å². The summed E-state index contributed by atoms with van der Waals surface area (Å²) in [5.74, 6) is 2.05. The van der Waals surface area contributed by atoms with Gasteiger partial charge >= 0.3 is 11.9 Å². The predicted octanol–water partition coefficient (Wildman–Crippen LogP) is 10.6. The standard InChI is InChI=1S/C36H64O4/c1-7-11-17-29(25-35(37)38)23-32-21-20-31(22-28(6)15-9-3)33(19-14-13-16-27(5)10-4)34(32)24-30(18-12-8-2)26-36(39)40/h13-14,20-21,27-34H,7-12,15-19,22-26H2,1-6H3,(H,37,38)(H,39,40). The van der Waals surface area contributed by atoms with Gasteiger partial charge in [-0.05, 0) is 92.3 Å². The third kappa shape index (κ3) is 14.9. The summed E-state index contributed by atoms with van der Waals surface area (Å²) in [5.41, 5.74) is 0. The van der Waals surface area contributed by atoms with E-state index in [2.05, 4.69) is 65.8 Å². The molecule has 4 nitrogen and oxygen atoms in total. The molecule has 0 saturated carbocycles. The van der Waals surface area contributed by atoms with Crippen LogP contribution in [0, 0.1) is 47.3 Å². The first-order valence-electron chi connectivity index (χ1n) is 16.9. The van der Waals surface area contributed by atoms with Crippen molar-refractivity contribution >= 4 is 11.9 Å². The Kier molecular flexibility index (Phi) is 19.3. The first-order chi connectivity index (χ1) is 19.1. The molecule has 232 valence electrons. The Bertz CT molecular complexity index is 741. The van der Waals surface area contributed by atoms with Crippen LogP contribution in [-0.2, 0) is 9.59 Å². The van der Waals surface area contributed by atoms with Gasteiger partial charge < -0.3 is 10.2 Å². The monoisotopic (exact) mass is 560 g/mol. The van der Waals surface area contributed by atoms with E-state index in [4.69, 9.17) is 0 Å². The van der Waals surface area contributed by atoms with Gasteiger partial charge in [0.05, 0.1) is 0 Å². The molecule has 0 spiro atoms. The van der Waals surface area contributed by atoms with Gasteiger partial charge in [-0.3, -0.25) is 9.59 Å². The minimum Gasteiger partial charge on any atom is -0.481 e. The minimum atomic E-state index is -0.695. The summed E-state index contributed by atoms with van der Waals surface area (Å²) >= 11 is 0. The van der Waals surface area contributed by atoms with E-state index < -0.39 is 11.9 Å². The third-order valence-corrected chi connectivity index (χ3v) is 9.59. The van der Waals surface area contributed by atoms with Crippen molar-refractivity contribution in [2.75, 3.05) is 0 Å². The molecule has 0 aromatic rings. The van der Waals surface area contributed by atoms with Gasteiger partial charge in [0, 0.05) is 12.8 Å². The molecule has 1 rings (SSSR count). The van der Waals surface area contributed by atoms with Gasteiger partial charge in [-0.25, -0.2) is 0 Å². The highest BCUT2D eigenvalue weighted by atomic mass is 16.4. The molecule has 2 N–H and O–H groups in total. The van der Waals surface area contributed by atoms with Crippen LogP contribution in [0.25, 0.3) is 0 Å². The van der Waals surface area contributed by atoms with Crippen LogP contribution in [0.2, 0.25) is 0 Å². The molecule has 0 aromatic heterocycles. The van der Waals surface area contributed by atoms with Crippen molar-refractivity contribution in [1.29, 1.82) is 0 Å². The first kappa shape index (κ1) is 36.4. The molecular weight excluding hydrogens is 496 g/mol. The predicted molar refractivity (Wildman–Crippen MR) is 169 cm³/mol. The fourth-order valence-corrected chi connectivity index (χ4v) is 7.09. The average molecular weight is 561 g/mol. The molecule has 0 saturated heterocycles. The number of hydrogen-bond donors (Lipinski definition) is 2. The van der Waals surface area contributed by atoms with Gasteiger partial charge in [-0.2, -0.15) is 0 Å². The Balaban J connectivity index is 3.41. The SMILES string of the molecule is CCCCC(CC(=O)O)CC1C=CC(CC(C)CCC)C(CC=CCC(C)CC)C1CC(CCCC)CC(=O)O. The molecule has 0 aromatic carbocycles. The lowest BCUT2D eigenvalue weighted by atomic mass is 9.62. The number of hydrogen-bond acceptors (Lipinski definition) is 2. The lowest BCUT2D eigenvalue weighted by Gasteiger charge is -2.43. The van der Waals surface area contributed by atoms with Crippen LogP contribution in [-0.4, -0.2) is 22.2 Å². The van der Waals surface area contributed by atoms with E-state index >= 15 is 0 Å². The number of aliphatic carboxylic acids is 2. The van der Waals surface area contributed by atoms with E-state index in [1.54, 1.807) is 0 Å². The number of carboxylic acid groups (broad SMARTS) is 2. The van der Waals surface area contributed by atoms with Crippen LogP contribution in [0.3, 0.4) is 0 Å². The third-order valence-electron chi connectivity index (χ3n) is 9.59. The fraction of sp³-hybridized carbons (Fsp3) is 0.833. The van der Waals surface area contributed by atoms with Crippen LogP contribution in [0.15, 0.2) is 24.3 Å². The van der Waals surface area contributed by atoms with Gasteiger partial charge in [0.1, 0.15) is 0 Å². The van der Waals surface area contributed by atoms with Crippen molar-refractivity contribution in [3.05, 3.63) is 24.3 Å². The molecule has 0 fully saturated rings. The van der Waals surface area contributed by atoms with E-state index in [9.17, 15) is 19.8 Å². The molecule has 8 unspecified atom stereocenters. The highest BCUT2D eigenvalue weighted by Gasteiger charge is 2.38. The Labute approximate surface area is 247 Å². The van der Waals surface area contributed by atoms with E-state index in [1.807, 2.05) is 0 Å². The molecule has 1 aliphatic carbocycles. The van der Waals surface area contributed by atoms with Crippen LogP contribution in [0.5, 0.6) is 0 Å². The molecule has 0 amide bonds. The van der Waals surface area contributed by atoms with Crippen molar-refractivity contribution in [3.8, 4) is 0 Å². The average Bonchev–Trinajstić information content (AvgIpc) is 2.89. The quantitative estimate of drug-likeness (QED) is 0.122. The highest BCUT2D eigenvalue weighted by Crippen LogP contribution is 2.46. The Morgan fingerprint density at radius 1 is 0.700 bits per heavy atom. The fourth-order valence-electron chi connectivity index (χ4n) is 7.09. The first-order valence-corrected chi connectivity index (χ1v) is 16.9. The number of unbranched alkanes of at least 4 members (excludes halogenated alkanes) is 2. The maximum atomic E-state index is 11.9. The van der Waals surface area contributed by atoms with Gasteiger partial charge in [0.2, 0.25) is 0 Å². The van der Waals surface area contributed by atoms with Gasteiger partial charge in [-0.15, -0.1) is 0 Å². The Morgan fingerprint density at radius 2 is 1.25 bits per heavy atom. The van der Waals surface area contributed by atoms with E-state index in [0.717, 1.165) is 64.2 Å². The van der Waals surface area contributed by atoms with Gasteiger partial charge in [0.15, 0.2) is 0 Å². The zero-order valence-electron chi connectivity index (χ0n) is 27.0. The van der Waals surface area contributed by atoms with Crippen LogP contribution in [0.1, 0.15) is 144 Å². The molecule has 0 radical (unpaired) electrons. The van der Waals surface area contributed by atoms with Crippen LogP contribution < -0.4 is 0 Å². The number of rotatable bonds is 23. The zero-order chi connectivity index (χ0) is 29.9. The number of carboxylic acids is 2. The summed E-state index contributed by atoms with van der Waals surface area (Å²) in [4.78, 5) is 23.7. The van der Waals surface area contributed by atoms with Gasteiger partial charge in [0.25, 0.3) is 0 Å². The summed E-state index contributed by atoms with van der Waals surface area (Å²) in [6.45, 7) is 13.6. The summed E-state index contributed by atoms with van der Waals surface area (Å²) in [6.07, 6.45) is 25.3. The Hall–Kier alpha value is -1.58. The summed E-state index contributed by atoms with van der Waals surface area (Å²) in [7, 11) is 0. The number of carbonyl (C=O) groups is 2. The molecule has 8 atom stereocenters. The van der Waals surface area contributed by atoms with E-state index in [1.165, 1.54) is 25.7 Å². The van der Waals surface area contributed by atoms with E-state index in [0.29, 0.717) is 35.5 Å². The molecule has 1 aliphatic rings. The van der Waals surface area contributed by atoms with Crippen molar-refractivity contribution in [3.63, 3.8) is 0 Å². The molecule has 0 heterocycles. The topological polar surface area (TPSA) is 74.6 Å². The summed E-state index contributed by atoms with van der Waals surface area (Å²) in [6, 6.07) is 0. The van der Waals surface area contributed by atoms with Crippen LogP contribution in [0.4, 0.5) is 0 Å². The van der Waals surface area contributed by atoms with Gasteiger partial charge in [-0.1, -0.05) is 111 Å². The Morgan fingerprint density at radius 3 is 1.75 bits per heavy atom. The van der Waals surface area contributed by atoms with Crippen LogP contribution >= 0.6 is 0 Å². The second-order valence-electron chi connectivity index (χ2n) is 13.3.